The number of hydrogen-bond acceptors (Lipinski definition) is 3. The molecule has 5 nitrogen and oxygen atoms in total. The fourth-order valence-corrected chi connectivity index (χ4v) is 3.14. The number of rotatable bonds is 6. The van der Waals surface area contributed by atoms with Crippen LogP contribution in [0.15, 0.2) is 78.9 Å². The van der Waals surface area contributed by atoms with Crippen molar-refractivity contribution in [3.05, 3.63) is 101 Å². The minimum atomic E-state index is -0.287. The van der Waals surface area contributed by atoms with Crippen molar-refractivity contribution < 1.29 is 9.53 Å². The Morgan fingerprint density at radius 2 is 1.63 bits per heavy atom. The van der Waals surface area contributed by atoms with Gasteiger partial charge in [-0.25, -0.2) is 0 Å². The number of ether oxygens (including phenoxy) is 1. The third-order valence-corrected chi connectivity index (χ3v) is 4.92. The Morgan fingerprint density at radius 1 is 0.967 bits per heavy atom. The molecular formula is C23H22ClN3O2S. The Morgan fingerprint density at radius 3 is 2.33 bits per heavy atom. The molecule has 30 heavy (non-hydrogen) atoms. The third-order valence-electron chi connectivity index (χ3n) is 4.38. The third kappa shape index (κ3) is 6.20. The normalized spacial score (nSPS) is 11.3. The molecule has 0 saturated carbocycles. The summed E-state index contributed by atoms with van der Waals surface area (Å²) in [5.74, 6) is 0.334. The SMILES string of the molecule is C[C@H](NC(=S)NNC(=O)c1ccc(COc2ccccc2Cl)cc1)c1ccccc1. The van der Waals surface area contributed by atoms with Gasteiger partial charge in [-0.15, -0.1) is 0 Å². The van der Waals surface area contributed by atoms with E-state index in [4.69, 9.17) is 28.6 Å². The van der Waals surface area contributed by atoms with Crippen molar-refractivity contribution >= 4 is 34.8 Å². The van der Waals surface area contributed by atoms with Crippen LogP contribution in [0.3, 0.4) is 0 Å². The zero-order valence-corrected chi connectivity index (χ0v) is 18.0. The smallest absolute Gasteiger partial charge is 0.269 e. The van der Waals surface area contributed by atoms with Gasteiger partial charge in [0, 0.05) is 5.56 Å². The summed E-state index contributed by atoms with van der Waals surface area (Å²) < 4.78 is 5.71. The highest BCUT2D eigenvalue weighted by Crippen LogP contribution is 2.24. The van der Waals surface area contributed by atoms with Gasteiger partial charge in [0.25, 0.3) is 5.91 Å². The van der Waals surface area contributed by atoms with Gasteiger partial charge in [0.1, 0.15) is 12.4 Å². The van der Waals surface area contributed by atoms with Gasteiger partial charge in [-0.05, 0) is 54.5 Å². The van der Waals surface area contributed by atoms with Crippen molar-refractivity contribution in [3.8, 4) is 5.75 Å². The lowest BCUT2D eigenvalue weighted by Gasteiger charge is -2.17. The number of benzene rings is 3. The summed E-state index contributed by atoms with van der Waals surface area (Å²) in [5.41, 5.74) is 7.86. The molecule has 3 aromatic carbocycles. The standard InChI is InChI=1S/C23H22ClN3O2S/c1-16(18-7-3-2-4-8-18)25-23(30)27-26-22(28)19-13-11-17(12-14-19)15-29-21-10-6-5-9-20(21)24/h2-14,16H,15H2,1H3,(H,26,28)(H2,25,27,30)/t16-/m0/s1. The first-order valence-corrected chi connectivity index (χ1v) is 10.2. The molecule has 0 radical (unpaired) electrons. The predicted molar refractivity (Wildman–Crippen MR) is 123 cm³/mol. The number of thiocarbonyl (C=S) groups is 1. The summed E-state index contributed by atoms with van der Waals surface area (Å²) in [6.07, 6.45) is 0. The molecule has 0 saturated heterocycles. The monoisotopic (exact) mass is 439 g/mol. The Hall–Kier alpha value is -3.09. The van der Waals surface area contributed by atoms with Crippen LogP contribution in [0, 0.1) is 0 Å². The summed E-state index contributed by atoms with van der Waals surface area (Å²) >= 11 is 11.3. The van der Waals surface area contributed by atoms with Crippen LogP contribution in [0.25, 0.3) is 0 Å². The van der Waals surface area contributed by atoms with E-state index in [9.17, 15) is 4.79 Å². The highest BCUT2D eigenvalue weighted by atomic mass is 35.5. The van der Waals surface area contributed by atoms with Crippen molar-refractivity contribution in [2.24, 2.45) is 0 Å². The Bertz CT molecular complexity index is 997. The van der Waals surface area contributed by atoms with E-state index in [0.717, 1.165) is 11.1 Å². The molecule has 7 heteroatoms. The number of para-hydroxylation sites is 1. The molecule has 0 heterocycles. The van der Waals surface area contributed by atoms with Crippen molar-refractivity contribution in [1.29, 1.82) is 0 Å². The predicted octanol–water partition coefficient (Wildman–Crippen LogP) is 4.79. The molecular weight excluding hydrogens is 418 g/mol. The molecule has 3 rings (SSSR count). The first kappa shape index (κ1) is 21.6. The summed E-state index contributed by atoms with van der Waals surface area (Å²) in [4.78, 5) is 12.3. The first-order valence-electron chi connectivity index (χ1n) is 9.41. The largest absolute Gasteiger partial charge is 0.487 e. The summed E-state index contributed by atoms with van der Waals surface area (Å²) in [7, 11) is 0. The average molecular weight is 440 g/mol. The molecule has 0 aliphatic carbocycles. The van der Waals surface area contributed by atoms with Crippen LogP contribution in [-0.2, 0) is 6.61 Å². The second kappa shape index (κ2) is 10.6. The molecule has 1 amide bonds. The summed E-state index contributed by atoms with van der Waals surface area (Å²) in [6, 6.07) is 24.3. The Balaban J connectivity index is 1.46. The van der Waals surface area contributed by atoms with Crippen LogP contribution in [-0.4, -0.2) is 11.0 Å². The summed E-state index contributed by atoms with van der Waals surface area (Å²) in [5, 5.41) is 4.03. The average Bonchev–Trinajstić information content (AvgIpc) is 2.78. The molecule has 1 atom stereocenters. The maximum absolute atomic E-state index is 12.3. The van der Waals surface area contributed by atoms with Gasteiger partial charge in [0.15, 0.2) is 5.11 Å². The second-order valence-electron chi connectivity index (χ2n) is 6.60. The fourth-order valence-electron chi connectivity index (χ4n) is 2.72. The summed E-state index contributed by atoms with van der Waals surface area (Å²) in [6.45, 7) is 2.35. The van der Waals surface area contributed by atoms with E-state index in [0.29, 0.717) is 28.1 Å². The van der Waals surface area contributed by atoms with Gasteiger partial charge in [0.05, 0.1) is 11.1 Å². The Kier molecular flexibility index (Phi) is 7.65. The lowest BCUT2D eigenvalue weighted by Crippen LogP contribution is -2.47. The van der Waals surface area contributed by atoms with E-state index in [2.05, 4.69) is 16.2 Å². The fraction of sp³-hybridized carbons (Fsp3) is 0.130. The van der Waals surface area contributed by atoms with Gasteiger partial charge in [0.2, 0.25) is 0 Å². The minimum Gasteiger partial charge on any atom is -0.487 e. The molecule has 3 aromatic rings. The van der Waals surface area contributed by atoms with E-state index in [-0.39, 0.29) is 11.9 Å². The number of hydrogen-bond donors (Lipinski definition) is 3. The molecule has 0 bridgehead atoms. The van der Waals surface area contributed by atoms with E-state index in [1.54, 1.807) is 18.2 Å². The van der Waals surface area contributed by atoms with Crippen LogP contribution >= 0.6 is 23.8 Å². The van der Waals surface area contributed by atoms with E-state index < -0.39 is 0 Å². The van der Waals surface area contributed by atoms with Gasteiger partial charge < -0.3 is 10.1 Å². The van der Waals surface area contributed by atoms with Gasteiger partial charge >= 0.3 is 0 Å². The second-order valence-corrected chi connectivity index (χ2v) is 7.42. The molecule has 0 fully saturated rings. The minimum absolute atomic E-state index is 0.0144. The molecule has 0 aromatic heterocycles. The number of halogens is 1. The molecule has 0 aliphatic heterocycles. The number of nitrogens with one attached hydrogen (secondary N) is 3. The number of hydrazine groups is 1. The van der Waals surface area contributed by atoms with E-state index >= 15 is 0 Å². The van der Waals surface area contributed by atoms with Gasteiger partial charge in [-0.3, -0.25) is 15.6 Å². The highest BCUT2D eigenvalue weighted by Gasteiger charge is 2.09. The quantitative estimate of drug-likeness (QED) is 0.381. The maximum atomic E-state index is 12.3. The number of carbonyl (C=O) groups is 1. The molecule has 154 valence electrons. The van der Waals surface area contributed by atoms with Crippen LogP contribution in [0.1, 0.15) is 34.5 Å². The zero-order valence-electron chi connectivity index (χ0n) is 16.4. The first-order chi connectivity index (χ1) is 14.5. The van der Waals surface area contributed by atoms with E-state index in [1.807, 2.05) is 67.6 Å². The van der Waals surface area contributed by atoms with Crippen molar-refractivity contribution in [1.82, 2.24) is 16.2 Å². The van der Waals surface area contributed by atoms with Gasteiger partial charge in [-0.2, -0.15) is 0 Å². The van der Waals surface area contributed by atoms with Crippen LogP contribution in [0.5, 0.6) is 5.75 Å². The van der Waals surface area contributed by atoms with Gasteiger partial charge in [-0.1, -0.05) is 66.2 Å². The molecule has 0 spiro atoms. The van der Waals surface area contributed by atoms with Crippen LogP contribution < -0.4 is 20.9 Å². The molecule has 0 unspecified atom stereocenters. The topological polar surface area (TPSA) is 62.4 Å². The zero-order chi connectivity index (χ0) is 21.3. The van der Waals surface area contributed by atoms with Crippen LogP contribution in [0.2, 0.25) is 5.02 Å². The molecule has 3 N–H and O–H groups in total. The van der Waals surface area contributed by atoms with E-state index in [1.165, 1.54) is 0 Å². The Labute approximate surface area is 186 Å². The van der Waals surface area contributed by atoms with Crippen molar-refractivity contribution in [2.75, 3.05) is 0 Å². The highest BCUT2D eigenvalue weighted by molar-refractivity contribution is 7.80. The lowest BCUT2D eigenvalue weighted by atomic mass is 10.1. The maximum Gasteiger partial charge on any atom is 0.269 e. The number of amides is 1. The lowest BCUT2D eigenvalue weighted by molar-refractivity contribution is 0.0943. The van der Waals surface area contributed by atoms with Crippen molar-refractivity contribution in [2.45, 2.75) is 19.6 Å². The van der Waals surface area contributed by atoms with Crippen molar-refractivity contribution in [3.63, 3.8) is 0 Å². The number of carbonyl (C=O) groups excluding carboxylic acids is 1. The molecule has 0 aliphatic rings. The van der Waals surface area contributed by atoms with Crippen LogP contribution in [0.4, 0.5) is 0 Å².